The Hall–Kier alpha value is -1.86. The summed E-state index contributed by atoms with van der Waals surface area (Å²) in [5.41, 5.74) is 2.14. The highest BCUT2D eigenvalue weighted by molar-refractivity contribution is 7.13. The summed E-state index contributed by atoms with van der Waals surface area (Å²) in [5.74, 6) is -0.386. The maximum atomic E-state index is 12.6. The number of alkyl halides is 2. The van der Waals surface area contributed by atoms with Crippen molar-refractivity contribution in [2.75, 3.05) is 20.2 Å². The number of ether oxygens (including phenoxy) is 1. The molecule has 7 heteroatoms. The summed E-state index contributed by atoms with van der Waals surface area (Å²) in [5, 5.41) is 2.69. The van der Waals surface area contributed by atoms with Crippen LogP contribution in [0.25, 0.3) is 10.6 Å². The summed E-state index contributed by atoms with van der Waals surface area (Å²) in [6.07, 6.45) is -1.53. The molecule has 4 nitrogen and oxygen atoms in total. The van der Waals surface area contributed by atoms with E-state index in [4.69, 9.17) is 0 Å². The van der Waals surface area contributed by atoms with Crippen molar-refractivity contribution in [1.82, 2.24) is 9.88 Å². The molecule has 1 aromatic heterocycles. The Morgan fingerprint density at radius 2 is 2.04 bits per heavy atom. The van der Waals surface area contributed by atoms with Crippen LogP contribution < -0.4 is 0 Å². The van der Waals surface area contributed by atoms with E-state index in [1.54, 1.807) is 29.2 Å². The van der Waals surface area contributed by atoms with E-state index < -0.39 is 6.43 Å². The Bertz CT molecular complexity index is 659. The summed E-state index contributed by atoms with van der Waals surface area (Å²) in [4.78, 5) is 17.7. The van der Waals surface area contributed by atoms with Crippen LogP contribution in [-0.2, 0) is 11.3 Å². The molecule has 1 heterocycles. The van der Waals surface area contributed by atoms with E-state index in [1.165, 1.54) is 18.4 Å². The van der Waals surface area contributed by atoms with Gasteiger partial charge in [0.2, 0.25) is 0 Å². The van der Waals surface area contributed by atoms with Crippen molar-refractivity contribution < 1.29 is 18.3 Å². The number of hydrogen-bond donors (Lipinski definition) is 0. The minimum atomic E-state index is -2.35. The molecule has 130 valence electrons. The van der Waals surface area contributed by atoms with Crippen molar-refractivity contribution in [3.8, 4) is 10.6 Å². The fraction of sp³-hybridized carbons (Fsp3) is 0.412. The summed E-state index contributed by atoms with van der Waals surface area (Å²) in [7, 11) is 1.34. The fourth-order valence-corrected chi connectivity index (χ4v) is 3.17. The van der Waals surface area contributed by atoms with E-state index in [-0.39, 0.29) is 12.5 Å². The summed E-state index contributed by atoms with van der Waals surface area (Å²) >= 11 is 1.46. The fourth-order valence-electron chi connectivity index (χ4n) is 2.35. The molecule has 0 radical (unpaired) electrons. The highest BCUT2D eigenvalue weighted by Crippen LogP contribution is 2.25. The second-order valence-corrected chi connectivity index (χ2v) is 6.20. The van der Waals surface area contributed by atoms with Gasteiger partial charge < -0.3 is 4.74 Å². The Balaban J connectivity index is 2.07. The van der Waals surface area contributed by atoms with Crippen molar-refractivity contribution in [2.45, 2.75) is 26.3 Å². The zero-order valence-electron chi connectivity index (χ0n) is 13.7. The maximum Gasteiger partial charge on any atom is 0.337 e. The monoisotopic (exact) mass is 354 g/mol. The normalized spacial score (nSPS) is 11.2. The van der Waals surface area contributed by atoms with E-state index in [0.717, 1.165) is 22.7 Å². The van der Waals surface area contributed by atoms with Gasteiger partial charge in [0.05, 0.1) is 24.9 Å². The van der Waals surface area contributed by atoms with Crippen molar-refractivity contribution in [2.24, 2.45) is 0 Å². The van der Waals surface area contributed by atoms with Gasteiger partial charge in [-0.3, -0.25) is 4.90 Å². The lowest BCUT2D eigenvalue weighted by Gasteiger charge is -2.19. The molecule has 0 aliphatic heterocycles. The highest BCUT2D eigenvalue weighted by atomic mass is 32.1. The SMILES string of the molecule is CCCN(Cc1csc(-c2ccc(C(=O)OC)cc2)n1)CC(F)F. The molecule has 1 aromatic carbocycles. The average molecular weight is 354 g/mol. The second-order valence-electron chi connectivity index (χ2n) is 5.34. The number of carbonyl (C=O) groups is 1. The topological polar surface area (TPSA) is 42.4 Å². The smallest absolute Gasteiger partial charge is 0.337 e. The van der Waals surface area contributed by atoms with Gasteiger partial charge in [-0.15, -0.1) is 11.3 Å². The van der Waals surface area contributed by atoms with Gasteiger partial charge >= 0.3 is 5.97 Å². The van der Waals surface area contributed by atoms with E-state index in [1.807, 2.05) is 12.3 Å². The predicted molar refractivity (Wildman–Crippen MR) is 90.5 cm³/mol. The van der Waals surface area contributed by atoms with Crippen LogP contribution in [0.3, 0.4) is 0 Å². The number of aromatic nitrogens is 1. The van der Waals surface area contributed by atoms with E-state index >= 15 is 0 Å². The molecular formula is C17H20F2N2O2S. The van der Waals surface area contributed by atoms with E-state index in [2.05, 4.69) is 9.72 Å². The second kappa shape index (κ2) is 8.84. The van der Waals surface area contributed by atoms with Crippen LogP contribution in [0.15, 0.2) is 29.6 Å². The summed E-state index contributed by atoms with van der Waals surface area (Å²) < 4.78 is 29.9. The molecule has 2 rings (SSSR count). The minimum absolute atomic E-state index is 0.242. The van der Waals surface area contributed by atoms with Gasteiger partial charge in [-0.1, -0.05) is 19.1 Å². The first kappa shape index (κ1) is 18.5. The van der Waals surface area contributed by atoms with Crippen LogP contribution in [0.2, 0.25) is 0 Å². The molecule has 0 atom stereocenters. The Morgan fingerprint density at radius 3 is 2.62 bits per heavy atom. The number of nitrogens with zero attached hydrogens (tertiary/aromatic N) is 2. The number of benzene rings is 1. The molecule has 0 spiro atoms. The number of hydrogen-bond acceptors (Lipinski definition) is 5. The third kappa shape index (κ3) is 5.07. The Morgan fingerprint density at radius 1 is 1.33 bits per heavy atom. The number of carbonyl (C=O) groups excluding carboxylic acids is 1. The molecule has 0 unspecified atom stereocenters. The van der Waals surface area contributed by atoms with Crippen LogP contribution in [-0.4, -0.2) is 42.5 Å². The van der Waals surface area contributed by atoms with Crippen molar-refractivity contribution in [3.63, 3.8) is 0 Å². The quantitative estimate of drug-likeness (QED) is 0.670. The van der Waals surface area contributed by atoms with Crippen molar-refractivity contribution >= 4 is 17.3 Å². The van der Waals surface area contributed by atoms with Crippen molar-refractivity contribution in [3.05, 3.63) is 40.9 Å². The van der Waals surface area contributed by atoms with Crippen LogP contribution in [0.5, 0.6) is 0 Å². The molecule has 0 saturated carbocycles. The zero-order chi connectivity index (χ0) is 17.5. The third-order valence-corrected chi connectivity index (χ3v) is 4.37. The molecule has 0 saturated heterocycles. The van der Waals surface area contributed by atoms with Gasteiger partial charge in [0.25, 0.3) is 6.43 Å². The van der Waals surface area contributed by atoms with Crippen LogP contribution in [0.4, 0.5) is 8.78 Å². The lowest BCUT2D eigenvalue weighted by atomic mass is 10.1. The lowest BCUT2D eigenvalue weighted by molar-refractivity contribution is 0.0600. The van der Waals surface area contributed by atoms with E-state index in [0.29, 0.717) is 18.7 Å². The first-order valence-corrected chi connectivity index (χ1v) is 8.55. The predicted octanol–water partition coefficient (Wildman–Crippen LogP) is 4.07. The number of thiazole rings is 1. The van der Waals surface area contributed by atoms with Crippen molar-refractivity contribution in [1.29, 1.82) is 0 Å². The van der Waals surface area contributed by atoms with Gasteiger partial charge in [-0.25, -0.2) is 18.6 Å². The summed E-state index contributed by atoms with van der Waals surface area (Å²) in [6.45, 7) is 2.75. The molecule has 0 bridgehead atoms. The lowest BCUT2D eigenvalue weighted by Crippen LogP contribution is -2.29. The summed E-state index contributed by atoms with van der Waals surface area (Å²) in [6, 6.07) is 6.97. The standard InChI is InChI=1S/C17H20F2N2O2S/c1-3-8-21(10-15(18)19)9-14-11-24-16(20-14)12-4-6-13(7-5-12)17(22)23-2/h4-7,11,15H,3,8-10H2,1-2H3. The number of methoxy groups -OCH3 is 1. The third-order valence-electron chi connectivity index (χ3n) is 3.43. The number of halogens is 2. The Labute approximate surface area is 144 Å². The minimum Gasteiger partial charge on any atom is -0.465 e. The molecule has 0 amide bonds. The van der Waals surface area contributed by atoms with Crippen LogP contribution in [0.1, 0.15) is 29.4 Å². The first-order chi connectivity index (χ1) is 11.5. The Kier molecular flexibility index (Phi) is 6.81. The van der Waals surface area contributed by atoms with Crippen LogP contribution >= 0.6 is 11.3 Å². The van der Waals surface area contributed by atoms with Gasteiger partial charge in [-0.2, -0.15) is 0 Å². The van der Waals surface area contributed by atoms with E-state index in [9.17, 15) is 13.6 Å². The van der Waals surface area contributed by atoms with Crippen LogP contribution in [0, 0.1) is 0 Å². The number of rotatable bonds is 8. The molecule has 0 aliphatic rings. The van der Waals surface area contributed by atoms with Gasteiger partial charge in [0, 0.05) is 17.5 Å². The zero-order valence-corrected chi connectivity index (χ0v) is 14.5. The number of esters is 1. The molecule has 0 N–H and O–H groups in total. The molecule has 0 fully saturated rings. The van der Waals surface area contributed by atoms with Gasteiger partial charge in [-0.05, 0) is 25.1 Å². The molecule has 2 aromatic rings. The molecule has 24 heavy (non-hydrogen) atoms. The maximum absolute atomic E-state index is 12.6. The highest BCUT2D eigenvalue weighted by Gasteiger charge is 2.14. The van der Waals surface area contributed by atoms with Gasteiger partial charge in [0.1, 0.15) is 5.01 Å². The van der Waals surface area contributed by atoms with Gasteiger partial charge in [0.15, 0.2) is 0 Å². The first-order valence-electron chi connectivity index (χ1n) is 7.67. The molecular weight excluding hydrogens is 334 g/mol. The average Bonchev–Trinajstić information content (AvgIpc) is 3.02. The molecule has 0 aliphatic carbocycles. The largest absolute Gasteiger partial charge is 0.465 e.